The number of nitrogens with two attached hydrogens (primary N) is 1. The fourth-order valence-electron chi connectivity index (χ4n) is 4.33. The predicted molar refractivity (Wildman–Crippen MR) is 155 cm³/mol. The highest BCUT2D eigenvalue weighted by Crippen LogP contribution is 2.28. The van der Waals surface area contributed by atoms with E-state index in [9.17, 15) is 8.42 Å². The van der Waals surface area contributed by atoms with Crippen LogP contribution in [0.5, 0.6) is 28.7 Å². The van der Waals surface area contributed by atoms with E-state index in [0.717, 1.165) is 5.56 Å². The summed E-state index contributed by atoms with van der Waals surface area (Å²) in [5.74, 6) is 3.00. The molecule has 0 bridgehead atoms. The highest BCUT2D eigenvalue weighted by Gasteiger charge is 2.20. The van der Waals surface area contributed by atoms with Crippen molar-refractivity contribution in [1.82, 2.24) is 4.90 Å². The van der Waals surface area contributed by atoms with Crippen molar-refractivity contribution in [3.05, 3.63) is 72.3 Å². The van der Waals surface area contributed by atoms with E-state index in [1.165, 1.54) is 7.11 Å². The van der Waals surface area contributed by atoms with E-state index in [2.05, 4.69) is 11.8 Å². The molecule has 10 heteroatoms. The smallest absolute Gasteiger partial charge is 0.241 e. The Morgan fingerprint density at radius 1 is 0.750 bits per heavy atom. The van der Waals surface area contributed by atoms with Crippen LogP contribution in [-0.4, -0.2) is 66.0 Å². The second kappa shape index (κ2) is 15.4. The third-order valence-electron chi connectivity index (χ3n) is 6.26. The maximum Gasteiger partial charge on any atom is 0.241 e. The van der Waals surface area contributed by atoms with Gasteiger partial charge in [-0.2, -0.15) is 0 Å². The Morgan fingerprint density at radius 2 is 1.23 bits per heavy atom. The summed E-state index contributed by atoms with van der Waals surface area (Å²) in [5, 5.41) is 5.43. The fourth-order valence-corrected chi connectivity index (χ4v) is 5.07. The number of primary sulfonamides is 1. The minimum atomic E-state index is -3.93. The number of hydrogen-bond acceptors (Lipinski definition) is 8. The molecular formula is C30H40N2O7S. The Kier molecular flexibility index (Phi) is 11.9. The molecular weight excluding hydrogens is 532 g/mol. The van der Waals surface area contributed by atoms with Crippen LogP contribution >= 0.6 is 0 Å². The van der Waals surface area contributed by atoms with Crippen LogP contribution in [0.25, 0.3) is 0 Å². The van der Waals surface area contributed by atoms with Crippen molar-refractivity contribution in [1.29, 1.82) is 0 Å². The molecule has 3 aromatic carbocycles. The van der Waals surface area contributed by atoms with Crippen LogP contribution in [-0.2, 0) is 16.4 Å². The molecule has 3 rings (SSSR count). The van der Waals surface area contributed by atoms with Crippen molar-refractivity contribution in [2.75, 3.05) is 46.6 Å². The summed E-state index contributed by atoms with van der Waals surface area (Å²) >= 11 is 0. The summed E-state index contributed by atoms with van der Waals surface area (Å²) in [6.45, 7) is 9.12. The maximum atomic E-state index is 12.1. The highest BCUT2D eigenvalue weighted by molar-refractivity contribution is 7.89. The lowest BCUT2D eigenvalue weighted by Crippen LogP contribution is -2.40. The number of nitrogens with zero attached hydrogens (tertiary/aromatic N) is 1. The van der Waals surface area contributed by atoms with Crippen LogP contribution in [0.15, 0.2) is 71.6 Å². The van der Waals surface area contributed by atoms with Crippen molar-refractivity contribution in [2.45, 2.75) is 38.1 Å². The van der Waals surface area contributed by atoms with E-state index in [4.69, 9.17) is 28.8 Å². The van der Waals surface area contributed by atoms with Gasteiger partial charge in [-0.25, -0.2) is 13.6 Å². The molecule has 0 unspecified atom stereocenters. The quantitative estimate of drug-likeness (QED) is 0.251. The molecule has 40 heavy (non-hydrogen) atoms. The van der Waals surface area contributed by atoms with Gasteiger partial charge in [-0.15, -0.1) is 0 Å². The van der Waals surface area contributed by atoms with E-state index >= 15 is 0 Å². The number of ether oxygens (including phenoxy) is 5. The molecule has 3 aromatic rings. The van der Waals surface area contributed by atoms with E-state index in [-0.39, 0.29) is 16.7 Å². The first-order valence-corrected chi connectivity index (χ1v) is 14.9. The first kappa shape index (κ1) is 31.1. The lowest BCUT2D eigenvalue weighted by molar-refractivity contribution is 0.137. The zero-order valence-corrected chi connectivity index (χ0v) is 24.5. The molecule has 1 atom stereocenters. The Labute approximate surface area is 237 Å². The van der Waals surface area contributed by atoms with Gasteiger partial charge in [-0.3, -0.25) is 4.90 Å². The third kappa shape index (κ3) is 9.04. The van der Waals surface area contributed by atoms with Gasteiger partial charge in [-0.05, 0) is 69.2 Å². The van der Waals surface area contributed by atoms with Crippen molar-refractivity contribution < 1.29 is 32.1 Å². The topological polar surface area (TPSA) is 110 Å². The molecule has 0 saturated carbocycles. The first-order valence-electron chi connectivity index (χ1n) is 13.4. The zero-order chi connectivity index (χ0) is 29.0. The minimum Gasteiger partial charge on any atom is -0.495 e. The van der Waals surface area contributed by atoms with E-state index < -0.39 is 10.0 Å². The summed E-state index contributed by atoms with van der Waals surface area (Å²) in [4.78, 5) is 2.21. The Hall–Kier alpha value is -3.47. The zero-order valence-electron chi connectivity index (χ0n) is 23.7. The minimum absolute atomic E-state index is 0.0261. The van der Waals surface area contributed by atoms with Crippen molar-refractivity contribution in [3.8, 4) is 28.7 Å². The summed E-state index contributed by atoms with van der Waals surface area (Å²) in [5.41, 5.74) is 0.826. The molecule has 0 radical (unpaired) electrons. The van der Waals surface area contributed by atoms with Gasteiger partial charge in [0.15, 0.2) is 23.0 Å². The monoisotopic (exact) mass is 572 g/mol. The van der Waals surface area contributed by atoms with Crippen LogP contribution in [0, 0.1) is 0 Å². The Bertz CT molecular complexity index is 1260. The second-order valence-corrected chi connectivity index (χ2v) is 10.6. The third-order valence-corrected chi connectivity index (χ3v) is 7.19. The molecule has 2 N–H and O–H groups in total. The lowest BCUT2D eigenvalue weighted by Gasteiger charge is -2.29. The molecule has 9 nitrogen and oxygen atoms in total. The molecule has 0 saturated heterocycles. The standard InChI is InChI=1S/C30H40N2O7S/c1-5-36-25-11-7-9-13-27(25)38-19-17-32(18-20-39-28-14-10-8-12-26(28)37-6-2)23(3)21-24-15-16-29(35-4)30(22-24)40(31,33)34/h7-16,22-23H,5-6,17-21H2,1-4H3,(H2,31,33,34)/t23-/m1/s1. The average molecular weight is 573 g/mol. The van der Waals surface area contributed by atoms with Crippen LogP contribution < -0.4 is 28.8 Å². The molecule has 218 valence electrons. The van der Waals surface area contributed by atoms with Gasteiger partial charge >= 0.3 is 0 Å². The fraction of sp³-hybridized carbons (Fsp3) is 0.400. The summed E-state index contributed by atoms with van der Waals surface area (Å²) in [6, 6.07) is 20.3. The van der Waals surface area contributed by atoms with Gasteiger partial charge in [0, 0.05) is 19.1 Å². The molecule has 0 aliphatic carbocycles. The van der Waals surface area contributed by atoms with Gasteiger partial charge in [0.05, 0.1) is 20.3 Å². The maximum absolute atomic E-state index is 12.1. The Balaban J connectivity index is 1.73. The Morgan fingerprint density at radius 3 is 1.65 bits per heavy atom. The first-order chi connectivity index (χ1) is 19.3. The van der Waals surface area contributed by atoms with Gasteiger partial charge in [0.25, 0.3) is 0 Å². The van der Waals surface area contributed by atoms with Crippen molar-refractivity contribution in [3.63, 3.8) is 0 Å². The van der Waals surface area contributed by atoms with E-state index in [1.807, 2.05) is 68.4 Å². The van der Waals surface area contributed by atoms with Gasteiger partial charge in [-0.1, -0.05) is 30.3 Å². The number of sulfonamides is 1. The normalized spacial score (nSPS) is 12.2. The summed E-state index contributed by atoms with van der Waals surface area (Å²) < 4.78 is 53.0. The largest absolute Gasteiger partial charge is 0.495 e. The summed E-state index contributed by atoms with van der Waals surface area (Å²) in [7, 11) is -2.52. The molecule has 0 aromatic heterocycles. The van der Waals surface area contributed by atoms with Crippen molar-refractivity contribution in [2.24, 2.45) is 5.14 Å². The number of para-hydroxylation sites is 4. The predicted octanol–water partition coefficient (Wildman–Crippen LogP) is 4.53. The molecule has 0 amide bonds. The van der Waals surface area contributed by atoms with Crippen LogP contribution in [0.4, 0.5) is 0 Å². The van der Waals surface area contributed by atoms with Crippen LogP contribution in [0.1, 0.15) is 26.3 Å². The van der Waals surface area contributed by atoms with Crippen LogP contribution in [0.3, 0.4) is 0 Å². The van der Waals surface area contributed by atoms with Crippen molar-refractivity contribution >= 4 is 10.0 Å². The number of benzene rings is 3. The van der Waals surface area contributed by atoms with Gasteiger partial charge in [0.2, 0.25) is 10.0 Å². The SMILES string of the molecule is CCOc1ccccc1OCCN(CCOc1ccccc1OCC)[C@H](C)Cc1ccc(OC)c(S(N)(=O)=O)c1. The second-order valence-electron chi connectivity index (χ2n) is 9.08. The number of rotatable bonds is 17. The van der Waals surface area contributed by atoms with E-state index in [0.29, 0.717) is 68.9 Å². The highest BCUT2D eigenvalue weighted by atomic mass is 32.2. The lowest BCUT2D eigenvalue weighted by atomic mass is 10.1. The van der Waals surface area contributed by atoms with Gasteiger partial charge in [0.1, 0.15) is 23.9 Å². The van der Waals surface area contributed by atoms with Gasteiger partial charge < -0.3 is 23.7 Å². The number of hydrogen-bond donors (Lipinski definition) is 1. The molecule has 0 heterocycles. The molecule has 0 aliphatic rings. The van der Waals surface area contributed by atoms with E-state index in [1.54, 1.807) is 12.1 Å². The average Bonchev–Trinajstić information content (AvgIpc) is 2.93. The summed E-state index contributed by atoms with van der Waals surface area (Å²) in [6.07, 6.45) is 0.581. The molecule has 0 spiro atoms. The van der Waals surface area contributed by atoms with Crippen LogP contribution in [0.2, 0.25) is 0 Å². The number of methoxy groups -OCH3 is 1. The molecule has 0 fully saturated rings. The molecule has 0 aliphatic heterocycles.